The lowest BCUT2D eigenvalue weighted by atomic mass is 9.99. The van der Waals surface area contributed by atoms with Crippen molar-refractivity contribution in [3.8, 4) is 56.3 Å². The van der Waals surface area contributed by atoms with Crippen molar-refractivity contribution in [3.05, 3.63) is 157 Å². The Morgan fingerprint density at radius 3 is 1.52 bits per heavy atom. The average molecular weight is 591 g/mol. The molecule has 0 atom stereocenters. The first-order chi connectivity index (χ1) is 22.6. The maximum absolute atomic E-state index is 5.09. The average Bonchev–Trinajstić information content (AvgIpc) is 3.12. The van der Waals surface area contributed by atoms with Crippen molar-refractivity contribution in [2.75, 3.05) is 0 Å². The SMILES string of the molecule is Cc1cc(C)c2ccc3ccc(-c4ccc(-c5ccc(-c6cc(-c7ccccc7)nc(-c7ccccc7)n6)cc5)cc4)nc3c2n1. The summed E-state index contributed by atoms with van der Waals surface area (Å²) in [6, 6.07) is 50.4. The highest BCUT2D eigenvalue weighted by atomic mass is 14.9. The van der Waals surface area contributed by atoms with Crippen molar-refractivity contribution >= 4 is 21.8 Å². The summed E-state index contributed by atoms with van der Waals surface area (Å²) >= 11 is 0. The summed E-state index contributed by atoms with van der Waals surface area (Å²) in [5.74, 6) is 0.716. The van der Waals surface area contributed by atoms with Gasteiger partial charge in [-0.2, -0.15) is 0 Å². The largest absolute Gasteiger partial charge is 0.251 e. The summed E-state index contributed by atoms with van der Waals surface area (Å²) in [6.45, 7) is 4.17. The highest BCUT2D eigenvalue weighted by molar-refractivity contribution is 6.04. The van der Waals surface area contributed by atoms with Crippen molar-refractivity contribution in [2.24, 2.45) is 0 Å². The fourth-order valence-corrected chi connectivity index (χ4v) is 6.10. The molecule has 0 saturated carbocycles. The molecule has 8 rings (SSSR count). The van der Waals surface area contributed by atoms with Crippen molar-refractivity contribution in [3.63, 3.8) is 0 Å². The number of hydrogen-bond donors (Lipinski definition) is 0. The molecule has 0 amide bonds. The first-order valence-corrected chi connectivity index (χ1v) is 15.5. The Kier molecular flexibility index (Phi) is 6.88. The number of aryl methyl sites for hydroxylation is 2. The fourth-order valence-electron chi connectivity index (χ4n) is 6.10. The number of fused-ring (bicyclic) bond motifs is 3. The maximum Gasteiger partial charge on any atom is 0.160 e. The Morgan fingerprint density at radius 2 is 0.891 bits per heavy atom. The van der Waals surface area contributed by atoms with Gasteiger partial charge in [-0.05, 0) is 48.7 Å². The van der Waals surface area contributed by atoms with Crippen LogP contribution in [0.3, 0.4) is 0 Å². The zero-order chi connectivity index (χ0) is 31.0. The van der Waals surface area contributed by atoms with E-state index in [0.29, 0.717) is 5.82 Å². The minimum atomic E-state index is 0.716. The van der Waals surface area contributed by atoms with E-state index < -0.39 is 0 Å². The summed E-state index contributed by atoms with van der Waals surface area (Å²) < 4.78 is 0. The Morgan fingerprint density at radius 1 is 0.370 bits per heavy atom. The van der Waals surface area contributed by atoms with Crippen molar-refractivity contribution in [1.82, 2.24) is 19.9 Å². The lowest BCUT2D eigenvalue weighted by Crippen LogP contribution is -1.95. The molecule has 218 valence electrons. The molecule has 0 saturated heterocycles. The molecule has 0 unspecified atom stereocenters. The molecule has 4 nitrogen and oxygen atoms in total. The summed E-state index contributed by atoms with van der Waals surface area (Å²) in [5, 5.41) is 2.25. The standard InChI is InChI=1S/C42H30N4/c1-27-25-28(2)43-41-36(27)23-21-34-22-24-37(44-40(34)41)32-17-13-29(14-18-32)30-15-19-33(20-16-30)39-26-38(31-9-5-3-6-10-31)45-42(46-39)35-11-7-4-8-12-35/h3-26H,1-2H3. The predicted molar refractivity (Wildman–Crippen MR) is 189 cm³/mol. The summed E-state index contributed by atoms with van der Waals surface area (Å²) in [5.41, 5.74) is 13.3. The second-order valence-corrected chi connectivity index (χ2v) is 11.7. The van der Waals surface area contributed by atoms with Crippen molar-refractivity contribution in [2.45, 2.75) is 13.8 Å². The van der Waals surface area contributed by atoms with E-state index in [1.54, 1.807) is 0 Å². The fraction of sp³-hybridized carbons (Fsp3) is 0.0476. The zero-order valence-electron chi connectivity index (χ0n) is 25.6. The summed E-state index contributed by atoms with van der Waals surface area (Å²) in [6.07, 6.45) is 0. The highest BCUT2D eigenvalue weighted by Gasteiger charge is 2.12. The topological polar surface area (TPSA) is 51.6 Å². The molecular formula is C42H30N4. The molecule has 0 aliphatic heterocycles. The van der Waals surface area contributed by atoms with Crippen LogP contribution in [0.2, 0.25) is 0 Å². The molecule has 3 heterocycles. The van der Waals surface area contributed by atoms with E-state index in [4.69, 9.17) is 19.9 Å². The van der Waals surface area contributed by atoms with Gasteiger partial charge < -0.3 is 0 Å². The van der Waals surface area contributed by atoms with Crippen LogP contribution in [0.15, 0.2) is 146 Å². The second-order valence-electron chi connectivity index (χ2n) is 11.7. The number of benzene rings is 5. The van der Waals surface area contributed by atoms with Gasteiger partial charge in [-0.3, -0.25) is 4.98 Å². The number of hydrogen-bond acceptors (Lipinski definition) is 4. The molecular weight excluding hydrogens is 560 g/mol. The van der Waals surface area contributed by atoms with Crippen molar-refractivity contribution < 1.29 is 0 Å². The van der Waals surface area contributed by atoms with Crippen LogP contribution in [0, 0.1) is 13.8 Å². The molecule has 0 bridgehead atoms. The summed E-state index contributed by atoms with van der Waals surface area (Å²) in [4.78, 5) is 19.8. The van der Waals surface area contributed by atoms with Gasteiger partial charge in [-0.1, -0.05) is 127 Å². The predicted octanol–water partition coefficient (Wildman–Crippen LogP) is 10.5. The molecule has 0 aliphatic carbocycles. The van der Waals surface area contributed by atoms with Crippen LogP contribution in [0.5, 0.6) is 0 Å². The lowest BCUT2D eigenvalue weighted by Gasteiger charge is -2.10. The van der Waals surface area contributed by atoms with E-state index in [-0.39, 0.29) is 0 Å². The van der Waals surface area contributed by atoms with Gasteiger partial charge in [0, 0.05) is 38.7 Å². The van der Waals surface area contributed by atoms with Crippen LogP contribution in [-0.4, -0.2) is 19.9 Å². The van der Waals surface area contributed by atoms with Gasteiger partial charge in [0.25, 0.3) is 0 Å². The van der Waals surface area contributed by atoms with E-state index in [9.17, 15) is 0 Å². The minimum Gasteiger partial charge on any atom is -0.251 e. The van der Waals surface area contributed by atoms with Crippen molar-refractivity contribution in [1.29, 1.82) is 0 Å². The third kappa shape index (κ3) is 5.20. The number of nitrogens with zero attached hydrogens (tertiary/aromatic N) is 4. The van der Waals surface area contributed by atoms with E-state index in [1.807, 2.05) is 43.3 Å². The molecule has 0 spiro atoms. The van der Waals surface area contributed by atoms with Gasteiger partial charge in [-0.25, -0.2) is 15.0 Å². The van der Waals surface area contributed by atoms with Gasteiger partial charge in [0.2, 0.25) is 0 Å². The molecule has 5 aromatic carbocycles. The quantitative estimate of drug-likeness (QED) is 0.187. The molecule has 0 aliphatic rings. The molecule has 4 heteroatoms. The number of rotatable bonds is 5. The molecule has 0 radical (unpaired) electrons. The lowest BCUT2D eigenvalue weighted by molar-refractivity contribution is 1.18. The van der Waals surface area contributed by atoms with Gasteiger partial charge in [0.15, 0.2) is 5.82 Å². The molecule has 8 aromatic rings. The third-order valence-electron chi connectivity index (χ3n) is 8.50. The Labute approximate surface area is 268 Å². The van der Waals surface area contributed by atoms with E-state index in [2.05, 4.69) is 116 Å². The Balaban J connectivity index is 1.11. The zero-order valence-corrected chi connectivity index (χ0v) is 25.6. The van der Waals surface area contributed by atoms with Crippen LogP contribution in [0.4, 0.5) is 0 Å². The third-order valence-corrected chi connectivity index (χ3v) is 8.50. The molecule has 0 fully saturated rings. The first kappa shape index (κ1) is 27.5. The monoisotopic (exact) mass is 590 g/mol. The Bertz CT molecular complexity index is 2290. The van der Waals surface area contributed by atoms with Crippen LogP contribution >= 0.6 is 0 Å². The Hall–Kier alpha value is -6.00. The van der Waals surface area contributed by atoms with Gasteiger partial charge in [-0.15, -0.1) is 0 Å². The van der Waals surface area contributed by atoms with Crippen LogP contribution in [0.25, 0.3) is 78.1 Å². The molecule has 3 aromatic heterocycles. The van der Waals surface area contributed by atoms with Gasteiger partial charge in [0.1, 0.15) is 0 Å². The van der Waals surface area contributed by atoms with E-state index in [1.165, 1.54) is 5.56 Å². The highest BCUT2D eigenvalue weighted by Crippen LogP contribution is 2.32. The normalized spacial score (nSPS) is 11.3. The molecule has 0 N–H and O–H groups in total. The van der Waals surface area contributed by atoms with Crippen LogP contribution < -0.4 is 0 Å². The van der Waals surface area contributed by atoms with E-state index >= 15 is 0 Å². The maximum atomic E-state index is 5.09. The number of aromatic nitrogens is 4. The van der Waals surface area contributed by atoms with Gasteiger partial charge in [0.05, 0.1) is 28.1 Å². The van der Waals surface area contributed by atoms with E-state index in [0.717, 1.165) is 78.0 Å². The van der Waals surface area contributed by atoms with Crippen LogP contribution in [0.1, 0.15) is 11.3 Å². The molecule has 46 heavy (non-hydrogen) atoms. The number of pyridine rings is 2. The first-order valence-electron chi connectivity index (χ1n) is 15.5. The van der Waals surface area contributed by atoms with Gasteiger partial charge >= 0.3 is 0 Å². The summed E-state index contributed by atoms with van der Waals surface area (Å²) in [7, 11) is 0. The van der Waals surface area contributed by atoms with Crippen LogP contribution in [-0.2, 0) is 0 Å². The minimum absolute atomic E-state index is 0.716. The smallest absolute Gasteiger partial charge is 0.160 e. The second kappa shape index (κ2) is 11.5.